The van der Waals surface area contributed by atoms with Gasteiger partial charge in [0.1, 0.15) is 0 Å². The van der Waals surface area contributed by atoms with Gasteiger partial charge in [0.2, 0.25) is 10.0 Å². The molecule has 3 aromatic carbocycles. The Morgan fingerprint density at radius 1 is 1.00 bits per heavy atom. The lowest BCUT2D eigenvalue weighted by molar-refractivity contribution is 0.102. The van der Waals surface area contributed by atoms with Crippen LogP contribution < -0.4 is 9.62 Å². The van der Waals surface area contributed by atoms with Gasteiger partial charge < -0.3 is 10.1 Å². The van der Waals surface area contributed by atoms with E-state index >= 15 is 0 Å². The van der Waals surface area contributed by atoms with Crippen LogP contribution in [0.15, 0.2) is 66.7 Å². The maximum Gasteiger partial charge on any atom is 0.255 e. The monoisotopic (exact) mass is 492 g/mol. The summed E-state index contributed by atoms with van der Waals surface area (Å²) < 4.78 is 31.1. The molecule has 0 saturated heterocycles. The summed E-state index contributed by atoms with van der Waals surface area (Å²) in [5.74, 6) is -0.274. The average Bonchev–Trinajstić information content (AvgIpc) is 2.74. The Bertz CT molecular complexity index is 1210. The Labute approximate surface area is 197 Å². The number of hydrogen-bond donors (Lipinski definition) is 1. The number of methoxy groups -OCH3 is 1. The van der Waals surface area contributed by atoms with Crippen LogP contribution in [-0.4, -0.2) is 27.7 Å². The van der Waals surface area contributed by atoms with E-state index < -0.39 is 10.0 Å². The van der Waals surface area contributed by atoms with E-state index in [1.54, 1.807) is 49.6 Å². The van der Waals surface area contributed by atoms with Crippen LogP contribution in [0.3, 0.4) is 0 Å². The minimum atomic E-state index is -3.63. The number of anilines is 2. The van der Waals surface area contributed by atoms with Gasteiger partial charge in [-0.2, -0.15) is 0 Å². The van der Waals surface area contributed by atoms with E-state index in [-0.39, 0.29) is 17.5 Å². The van der Waals surface area contributed by atoms with E-state index in [4.69, 9.17) is 27.9 Å². The molecule has 0 bridgehead atoms. The van der Waals surface area contributed by atoms with Crippen molar-refractivity contribution in [2.75, 3.05) is 23.0 Å². The molecule has 3 aromatic rings. The van der Waals surface area contributed by atoms with Crippen LogP contribution in [0.5, 0.6) is 0 Å². The number of amides is 1. The van der Waals surface area contributed by atoms with E-state index in [9.17, 15) is 13.2 Å². The van der Waals surface area contributed by atoms with E-state index in [0.29, 0.717) is 34.1 Å². The first-order valence-electron chi connectivity index (χ1n) is 9.58. The fraction of sp³-hybridized carbons (Fsp3) is 0.174. The lowest BCUT2D eigenvalue weighted by Gasteiger charge is -2.24. The number of rotatable bonds is 8. The van der Waals surface area contributed by atoms with Gasteiger partial charge in [0.25, 0.3) is 5.91 Å². The van der Waals surface area contributed by atoms with Crippen molar-refractivity contribution in [3.8, 4) is 0 Å². The van der Waals surface area contributed by atoms with Gasteiger partial charge in [-0.25, -0.2) is 8.42 Å². The van der Waals surface area contributed by atoms with Crippen molar-refractivity contribution in [3.05, 3.63) is 93.5 Å². The highest BCUT2D eigenvalue weighted by atomic mass is 35.5. The lowest BCUT2D eigenvalue weighted by Crippen LogP contribution is -2.29. The number of halogens is 2. The third-order valence-corrected chi connectivity index (χ3v) is 6.30. The number of nitrogens with one attached hydrogen (secondary N) is 1. The van der Waals surface area contributed by atoms with E-state index in [1.165, 1.54) is 10.4 Å². The zero-order valence-electron chi connectivity index (χ0n) is 17.5. The Balaban J connectivity index is 1.77. The highest BCUT2D eigenvalue weighted by Gasteiger charge is 2.21. The van der Waals surface area contributed by atoms with Crippen LogP contribution in [0.4, 0.5) is 11.4 Å². The van der Waals surface area contributed by atoms with Crippen molar-refractivity contribution >= 4 is 50.5 Å². The van der Waals surface area contributed by atoms with Gasteiger partial charge in [0.15, 0.2) is 0 Å². The molecule has 9 heteroatoms. The van der Waals surface area contributed by atoms with Crippen LogP contribution in [0, 0.1) is 0 Å². The lowest BCUT2D eigenvalue weighted by atomic mass is 10.1. The van der Waals surface area contributed by atoms with Crippen molar-refractivity contribution in [2.24, 2.45) is 0 Å². The van der Waals surface area contributed by atoms with Gasteiger partial charge in [0, 0.05) is 23.4 Å². The summed E-state index contributed by atoms with van der Waals surface area (Å²) in [7, 11) is -2.02. The molecule has 168 valence electrons. The summed E-state index contributed by atoms with van der Waals surface area (Å²) in [5, 5.41) is 3.49. The number of carbonyl (C=O) groups is 1. The molecule has 0 fully saturated rings. The predicted octanol–water partition coefficient (Wildman–Crippen LogP) is 5.36. The highest BCUT2D eigenvalue weighted by Crippen LogP contribution is 2.32. The van der Waals surface area contributed by atoms with Crippen LogP contribution in [0.2, 0.25) is 10.0 Å². The molecule has 6 nitrogen and oxygen atoms in total. The topological polar surface area (TPSA) is 75.7 Å². The Hall–Kier alpha value is -2.58. The van der Waals surface area contributed by atoms with Crippen molar-refractivity contribution in [3.63, 3.8) is 0 Å². The smallest absolute Gasteiger partial charge is 0.255 e. The second-order valence-corrected chi connectivity index (χ2v) is 9.90. The molecule has 0 aliphatic carbocycles. The molecule has 0 aliphatic rings. The summed E-state index contributed by atoms with van der Waals surface area (Å²) in [6, 6.07) is 18.7. The van der Waals surface area contributed by atoms with Gasteiger partial charge in [-0.3, -0.25) is 9.10 Å². The fourth-order valence-corrected chi connectivity index (χ4v) is 4.42. The summed E-state index contributed by atoms with van der Waals surface area (Å²) in [4.78, 5) is 12.6. The molecule has 0 unspecified atom stereocenters. The standard InChI is InChI=1S/C23H22Cl2N2O4S/c1-31-15-17-4-3-5-20(12-17)26-23(28)18-8-6-16(7-9-18)14-27(32(2,29)30)22-13-19(24)10-11-21(22)25/h3-13H,14-15H2,1-2H3,(H,26,28). The maximum absolute atomic E-state index is 12.6. The fourth-order valence-electron chi connectivity index (χ4n) is 3.09. The van der Waals surface area contributed by atoms with Crippen molar-refractivity contribution in [2.45, 2.75) is 13.2 Å². The normalized spacial score (nSPS) is 11.2. The zero-order valence-corrected chi connectivity index (χ0v) is 19.8. The Morgan fingerprint density at radius 3 is 2.38 bits per heavy atom. The quantitative estimate of drug-likeness (QED) is 0.459. The number of nitrogens with zero attached hydrogens (tertiary/aromatic N) is 1. The Morgan fingerprint density at radius 2 is 1.72 bits per heavy atom. The first-order valence-corrected chi connectivity index (χ1v) is 12.2. The maximum atomic E-state index is 12.6. The molecular weight excluding hydrogens is 471 g/mol. The summed E-state index contributed by atoms with van der Waals surface area (Å²) in [6.07, 6.45) is 1.10. The second-order valence-electron chi connectivity index (χ2n) is 7.15. The van der Waals surface area contributed by atoms with Gasteiger partial charge in [-0.1, -0.05) is 47.5 Å². The Kier molecular flexibility index (Phi) is 7.79. The molecule has 0 atom stereocenters. The van der Waals surface area contributed by atoms with E-state index in [2.05, 4.69) is 5.32 Å². The minimum Gasteiger partial charge on any atom is -0.380 e. The number of ether oxygens (including phenoxy) is 1. The van der Waals surface area contributed by atoms with Gasteiger partial charge in [-0.15, -0.1) is 0 Å². The number of carbonyl (C=O) groups excluding carboxylic acids is 1. The van der Waals surface area contributed by atoms with Crippen molar-refractivity contribution < 1.29 is 17.9 Å². The molecule has 0 heterocycles. The van der Waals surface area contributed by atoms with Crippen LogP contribution >= 0.6 is 23.2 Å². The van der Waals surface area contributed by atoms with E-state index in [1.807, 2.05) is 18.2 Å². The summed E-state index contributed by atoms with van der Waals surface area (Å²) >= 11 is 12.2. The average molecular weight is 493 g/mol. The zero-order chi connectivity index (χ0) is 23.3. The molecular formula is C23H22Cl2N2O4S. The van der Waals surface area contributed by atoms with Crippen molar-refractivity contribution in [1.29, 1.82) is 0 Å². The highest BCUT2D eigenvalue weighted by molar-refractivity contribution is 7.92. The molecule has 0 aromatic heterocycles. The third kappa shape index (κ3) is 6.23. The molecule has 3 rings (SSSR count). The molecule has 0 spiro atoms. The first-order chi connectivity index (χ1) is 15.2. The van der Waals surface area contributed by atoms with Crippen molar-refractivity contribution in [1.82, 2.24) is 0 Å². The summed E-state index contributed by atoms with van der Waals surface area (Å²) in [5.41, 5.74) is 3.02. The molecule has 0 radical (unpaired) electrons. The van der Waals surface area contributed by atoms with Crippen LogP contribution in [-0.2, 0) is 27.9 Å². The van der Waals surface area contributed by atoms with Gasteiger partial charge in [-0.05, 0) is 53.6 Å². The molecule has 1 amide bonds. The molecule has 1 N–H and O–H groups in total. The van der Waals surface area contributed by atoms with Gasteiger partial charge in [0.05, 0.1) is 30.1 Å². The van der Waals surface area contributed by atoms with Gasteiger partial charge >= 0.3 is 0 Å². The number of benzene rings is 3. The third-order valence-electron chi connectivity index (χ3n) is 4.62. The van der Waals surface area contributed by atoms with Crippen LogP contribution in [0.25, 0.3) is 0 Å². The summed E-state index contributed by atoms with van der Waals surface area (Å²) in [6.45, 7) is 0.492. The first kappa shape index (κ1) is 24.1. The molecule has 32 heavy (non-hydrogen) atoms. The molecule has 0 saturated carbocycles. The second kappa shape index (κ2) is 10.4. The SMILES string of the molecule is COCc1cccc(NC(=O)c2ccc(CN(c3cc(Cl)ccc3Cl)S(C)(=O)=O)cc2)c1. The predicted molar refractivity (Wildman–Crippen MR) is 129 cm³/mol. The molecule has 0 aliphatic heterocycles. The number of sulfonamides is 1. The number of hydrogen-bond acceptors (Lipinski definition) is 4. The largest absolute Gasteiger partial charge is 0.380 e. The minimum absolute atomic E-state index is 0.0415. The van der Waals surface area contributed by atoms with E-state index in [0.717, 1.165) is 11.8 Å². The van der Waals surface area contributed by atoms with Crippen LogP contribution in [0.1, 0.15) is 21.5 Å².